The van der Waals surface area contributed by atoms with Crippen LogP contribution in [0.15, 0.2) is 36.0 Å². The maximum atomic E-state index is 10.8. The number of carboxylic acids is 1. The molecule has 10 rings (SSSR count). The second-order valence-corrected chi connectivity index (χ2v) is 21.8. The maximum Gasteiger partial charge on any atom is 0.145 e. The largest absolute Gasteiger partial charge is 0.545 e. The summed E-state index contributed by atoms with van der Waals surface area (Å²) in [6, 6.07) is 0. The molecule has 10 aliphatic rings. The number of aldehydes is 1. The van der Waals surface area contributed by atoms with Crippen LogP contribution in [0.2, 0.25) is 0 Å². The number of rotatable bonds is 29. The van der Waals surface area contributed by atoms with E-state index in [0.29, 0.717) is 35.9 Å². The molecule has 0 unspecified atom stereocenters. The van der Waals surface area contributed by atoms with Gasteiger partial charge in [-0.25, -0.2) is 0 Å². The van der Waals surface area contributed by atoms with Gasteiger partial charge < -0.3 is 62.4 Å². The second kappa shape index (κ2) is 16.3. The van der Waals surface area contributed by atoms with Gasteiger partial charge in [0.2, 0.25) is 0 Å². The Labute approximate surface area is 371 Å². The van der Waals surface area contributed by atoms with E-state index in [0.717, 1.165) is 95.8 Å². The van der Waals surface area contributed by atoms with Gasteiger partial charge >= 0.3 is 0 Å². The Hall–Kier alpha value is -2.08. The molecule has 10 saturated heterocycles. The number of allylic oxidation sites excluding steroid dienone is 2. The van der Waals surface area contributed by atoms with Gasteiger partial charge in [0.25, 0.3) is 0 Å². The van der Waals surface area contributed by atoms with Gasteiger partial charge in [-0.05, 0) is 110 Å². The summed E-state index contributed by atoms with van der Waals surface area (Å²) < 4.78 is 60.5. The molecule has 0 radical (unpaired) electrons. The first-order chi connectivity index (χ1) is 29.9. The molecule has 14 heteroatoms. The average Bonchev–Trinajstić information content (AvgIpc) is 3.99. The maximum absolute atomic E-state index is 10.8. The van der Waals surface area contributed by atoms with E-state index in [1.807, 2.05) is 6.92 Å². The SMILES string of the molecule is C=C(C=O)C/C=C/[C@H](O)[C@@]1(C)O[C@@H]1C[C@H]1O[C@@H]1C[C@H]1O[C@@H]1CCC[C@@]1(C)O[C@@H]1C[C@@]1(C)O[C@@H]1C[C@H]1O[C@]1(C)CC[C@H]1O[C@@H]1CC[C@H]1O[C@@H]1C[C@@]1(C)O[C@@H]1C[C@H]1O[C@@H]1/C(C)=C\C(=O)[O-]. The van der Waals surface area contributed by atoms with Crippen molar-refractivity contribution in [2.75, 3.05) is 0 Å². The first-order valence-electron chi connectivity index (χ1n) is 23.9. The summed E-state index contributed by atoms with van der Waals surface area (Å²) in [5, 5.41) is 21.4. The number of hydrogen-bond acceptors (Lipinski definition) is 14. The van der Waals surface area contributed by atoms with E-state index in [-0.39, 0.29) is 95.7 Å². The van der Waals surface area contributed by atoms with Gasteiger partial charge in [0.1, 0.15) is 24.1 Å². The number of carbonyl (C=O) groups is 2. The van der Waals surface area contributed by atoms with E-state index in [1.54, 1.807) is 19.1 Å². The minimum absolute atomic E-state index is 0.0207. The van der Waals surface area contributed by atoms with Gasteiger partial charge in [-0.2, -0.15) is 0 Å². The predicted octanol–water partition coefficient (Wildman–Crippen LogP) is 4.44. The van der Waals surface area contributed by atoms with E-state index in [4.69, 9.17) is 47.4 Å². The van der Waals surface area contributed by atoms with Crippen molar-refractivity contribution >= 4 is 12.3 Å². The van der Waals surface area contributed by atoms with Crippen LogP contribution in [-0.2, 0) is 57.0 Å². The van der Waals surface area contributed by atoms with Crippen LogP contribution in [0.5, 0.6) is 0 Å². The van der Waals surface area contributed by atoms with E-state index < -0.39 is 17.7 Å². The lowest BCUT2D eigenvalue weighted by atomic mass is 9.89. The number of carboxylic acid groups (broad SMARTS) is 1. The monoisotopic (exact) mass is 881 g/mol. The zero-order valence-corrected chi connectivity index (χ0v) is 37.9. The van der Waals surface area contributed by atoms with E-state index in [9.17, 15) is 19.8 Å². The zero-order valence-electron chi connectivity index (χ0n) is 37.9. The molecule has 0 bridgehead atoms. The highest BCUT2D eigenvalue weighted by Gasteiger charge is 2.65. The summed E-state index contributed by atoms with van der Waals surface area (Å²) in [5.41, 5.74) is 0.0504. The highest BCUT2D eigenvalue weighted by atomic mass is 16.7. The summed E-state index contributed by atoms with van der Waals surface area (Å²) in [6.07, 6.45) is 20.1. The third kappa shape index (κ3) is 10.4. The highest BCUT2D eigenvalue weighted by Crippen LogP contribution is 2.56. The third-order valence-corrected chi connectivity index (χ3v) is 16.5. The minimum atomic E-state index is -1.18. The molecule has 1 N–H and O–H groups in total. The number of hydrogen-bond donors (Lipinski definition) is 1. The van der Waals surface area contributed by atoms with E-state index in [2.05, 4.69) is 34.3 Å². The van der Waals surface area contributed by atoms with Gasteiger partial charge in [0, 0.05) is 38.5 Å². The zero-order chi connectivity index (χ0) is 44.3. The van der Waals surface area contributed by atoms with E-state index in [1.165, 1.54) is 0 Å². The minimum Gasteiger partial charge on any atom is -0.545 e. The summed E-state index contributed by atoms with van der Waals surface area (Å²) in [4.78, 5) is 21.6. The third-order valence-electron chi connectivity index (χ3n) is 16.5. The molecular weight excluding hydrogens is 813 g/mol. The van der Waals surface area contributed by atoms with Gasteiger partial charge in [0.05, 0.1) is 114 Å². The molecule has 0 saturated carbocycles. The summed E-state index contributed by atoms with van der Waals surface area (Å²) in [7, 11) is 0. The molecular formula is C49H69O14-. The number of ether oxygens (including phenoxy) is 10. The lowest BCUT2D eigenvalue weighted by Crippen LogP contribution is -2.27. The Morgan fingerprint density at radius 2 is 1.19 bits per heavy atom. The van der Waals surface area contributed by atoms with Crippen LogP contribution in [0.4, 0.5) is 0 Å². The van der Waals surface area contributed by atoms with Crippen LogP contribution in [0.1, 0.15) is 131 Å². The Kier molecular flexibility index (Phi) is 11.6. The Morgan fingerprint density at radius 3 is 1.95 bits per heavy atom. The first-order valence-corrected chi connectivity index (χ1v) is 23.9. The fourth-order valence-corrected chi connectivity index (χ4v) is 11.1. The van der Waals surface area contributed by atoms with Crippen molar-refractivity contribution in [3.8, 4) is 0 Å². The Bertz CT molecular complexity index is 1850. The molecule has 0 aromatic rings. The number of epoxide rings is 10. The molecule has 0 aromatic carbocycles. The van der Waals surface area contributed by atoms with Crippen molar-refractivity contribution < 1.29 is 67.2 Å². The fourth-order valence-electron chi connectivity index (χ4n) is 11.1. The number of aliphatic hydroxyl groups excluding tert-OH is 1. The van der Waals surface area contributed by atoms with E-state index >= 15 is 0 Å². The smallest absolute Gasteiger partial charge is 0.145 e. The molecule has 10 heterocycles. The lowest BCUT2D eigenvalue weighted by Gasteiger charge is -2.11. The standard InChI is InChI=1S/C49H70O14/c1-26(25-50)10-8-12-37(51)49(7)41(63-49)20-34-33(57-34)19-32-28(55-32)11-9-16-45(3)42(62-45)24-48(6)40(61-48)22-39-46(4,59-39)17-15-31-29(54-31)13-14-30-36(56-30)23-47(5)38(60-47)21-35-44(58-35)27(2)18-43(52)53/h8,12,18,25,28-42,44,51H,1,9-11,13-17,19-24H2,2-7H3,(H,52,53)/p-1/b12-8+,27-18-/t28-,29-,30-,31-,32-,33-,34-,35-,36-,37+,38-,39-,40-,41-,42-,44-,45-,46-,47-,48-,49-/m1/s1. The van der Waals surface area contributed by atoms with Crippen molar-refractivity contribution in [2.24, 2.45) is 0 Å². The molecule has 0 spiro atoms. The predicted molar refractivity (Wildman–Crippen MR) is 223 cm³/mol. The van der Waals surface area contributed by atoms with Gasteiger partial charge in [-0.1, -0.05) is 18.7 Å². The van der Waals surface area contributed by atoms with Crippen LogP contribution < -0.4 is 5.11 Å². The van der Waals surface area contributed by atoms with Crippen molar-refractivity contribution in [1.29, 1.82) is 0 Å². The quantitative estimate of drug-likeness (QED) is 0.0478. The van der Waals surface area contributed by atoms with Crippen LogP contribution in [-0.4, -0.2) is 143 Å². The normalized spacial score (nSPS) is 50.8. The molecule has 0 aliphatic carbocycles. The lowest BCUT2D eigenvalue weighted by molar-refractivity contribution is -0.297. The average molecular weight is 882 g/mol. The molecule has 0 aromatic heterocycles. The van der Waals surface area contributed by atoms with Crippen molar-refractivity contribution in [1.82, 2.24) is 0 Å². The summed E-state index contributed by atoms with van der Waals surface area (Å²) in [6.45, 7) is 16.2. The summed E-state index contributed by atoms with van der Waals surface area (Å²) in [5.74, 6) is -1.18. The number of aliphatic carboxylic acids is 1. The highest BCUT2D eigenvalue weighted by molar-refractivity contribution is 5.78. The first kappa shape index (κ1) is 44.7. The molecule has 14 nitrogen and oxygen atoms in total. The molecule has 21 atom stereocenters. The van der Waals surface area contributed by atoms with Crippen molar-refractivity contribution in [3.05, 3.63) is 36.0 Å². The van der Waals surface area contributed by atoms with Gasteiger partial charge in [0.15, 0.2) is 0 Å². The summed E-state index contributed by atoms with van der Waals surface area (Å²) >= 11 is 0. The molecule has 10 fully saturated rings. The van der Waals surface area contributed by atoms with Gasteiger partial charge in [-0.3, -0.25) is 4.79 Å². The Balaban J connectivity index is 0.539. The van der Waals surface area contributed by atoms with Gasteiger partial charge in [-0.15, -0.1) is 0 Å². The van der Waals surface area contributed by atoms with Crippen LogP contribution >= 0.6 is 0 Å². The molecule has 63 heavy (non-hydrogen) atoms. The van der Waals surface area contributed by atoms with Crippen molar-refractivity contribution in [3.63, 3.8) is 0 Å². The van der Waals surface area contributed by atoms with Crippen LogP contribution in [0.25, 0.3) is 0 Å². The number of aliphatic hydroxyl groups is 1. The molecule has 0 amide bonds. The molecule has 350 valence electrons. The number of carbonyl (C=O) groups excluding carboxylic acids is 2. The molecule has 10 aliphatic heterocycles. The van der Waals surface area contributed by atoms with Crippen LogP contribution in [0, 0.1) is 0 Å². The van der Waals surface area contributed by atoms with Crippen molar-refractivity contribution in [2.45, 2.75) is 257 Å². The topological polar surface area (TPSA) is 203 Å². The van der Waals surface area contributed by atoms with Crippen LogP contribution in [0.3, 0.4) is 0 Å². The second-order valence-electron chi connectivity index (χ2n) is 21.8. The fraction of sp³-hybridized carbons (Fsp3) is 0.837. The Morgan fingerprint density at radius 1 is 0.635 bits per heavy atom.